The van der Waals surface area contributed by atoms with Crippen molar-refractivity contribution in [2.45, 2.75) is 4.90 Å². The average Bonchev–Trinajstić information content (AvgIpc) is 2.39. The molecule has 0 atom stereocenters. The Kier molecular flexibility index (Phi) is 4.61. The highest BCUT2D eigenvalue weighted by Crippen LogP contribution is 2.20. The first-order valence-corrected chi connectivity index (χ1v) is 6.69. The first kappa shape index (κ1) is 12.9. The van der Waals surface area contributed by atoms with E-state index in [9.17, 15) is 4.79 Å². The maximum atomic E-state index is 11.7. The third-order valence-electron chi connectivity index (χ3n) is 2.12. The topological polar surface area (TPSA) is 42.0 Å². The molecule has 0 spiro atoms. The minimum absolute atomic E-state index is 0.0753. The minimum Gasteiger partial charge on any atom is -0.310 e. The highest BCUT2D eigenvalue weighted by Gasteiger charge is 2.03. The fourth-order valence-corrected chi connectivity index (χ4v) is 2.12. The van der Waals surface area contributed by atoms with Crippen LogP contribution in [0.2, 0.25) is 5.02 Å². The molecule has 0 radical (unpaired) electrons. The number of aromatic nitrogens is 1. The summed E-state index contributed by atoms with van der Waals surface area (Å²) in [5.74, 6) is 0.839. The van der Waals surface area contributed by atoms with Crippen LogP contribution < -0.4 is 5.32 Å². The first-order valence-electron chi connectivity index (χ1n) is 5.33. The van der Waals surface area contributed by atoms with Gasteiger partial charge >= 0.3 is 0 Å². The lowest BCUT2D eigenvalue weighted by atomic mass is 10.4. The molecule has 0 aliphatic carbocycles. The summed E-state index contributed by atoms with van der Waals surface area (Å²) in [5, 5.41) is 3.42. The second-order valence-corrected chi connectivity index (χ2v) is 4.99. The van der Waals surface area contributed by atoms with Gasteiger partial charge in [0, 0.05) is 16.1 Å². The van der Waals surface area contributed by atoms with E-state index in [0.29, 0.717) is 16.6 Å². The van der Waals surface area contributed by atoms with Crippen LogP contribution in [0.15, 0.2) is 53.6 Å². The molecule has 0 fully saturated rings. The third kappa shape index (κ3) is 4.05. The third-order valence-corrected chi connectivity index (χ3v) is 3.38. The Morgan fingerprint density at radius 3 is 2.67 bits per heavy atom. The van der Waals surface area contributed by atoms with Crippen LogP contribution in [0.5, 0.6) is 0 Å². The molecule has 1 amide bonds. The zero-order chi connectivity index (χ0) is 12.8. The Morgan fingerprint density at radius 2 is 2.00 bits per heavy atom. The van der Waals surface area contributed by atoms with E-state index in [1.165, 1.54) is 11.8 Å². The number of benzene rings is 1. The molecule has 1 N–H and O–H groups in total. The highest BCUT2D eigenvalue weighted by molar-refractivity contribution is 8.00. The first-order chi connectivity index (χ1) is 8.74. The van der Waals surface area contributed by atoms with Gasteiger partial charge in [0.1, 0.15) is 5.82 Å². The molecule has 0 unspecified atom stereocenters. The molecule has 2 rings (SSSR count). The molecule has 0 aliphatic heterocycles. The van der Waals surface area contributed by atoms with E-state index in [1.54, 1.807) is 30.5 Å². The molecule has 1 aromatic carbocycles. The number of amides is 1. The quantitative estimate of drug-likeness (QED) is 0.871. The fourth-order valence-electron chi connectivity index (χ4n) is 1.30. The molecule has 2 aromatic rings. The molecule has 1 aromatic heterocycles. The van der Waals surface area contributed by atoms with Crippen LogP contribution in [0.25, 0.3) is 0 Å². The Balaban J connectivity index is 1.83. The van der Waals surface area contributed by atoms with Gasteiger partial charge < -0.3 is 5.32 Å². The van der Waals surface area contributed by atoms with Crippen molar-refractivity contribution in [2.75, 3.05) is 11.1 Å². The summed E-state index contributed by atoms with van der Waals surface area (Å²) in [4.78, 5) is 16.7. The lowest BCUT2D eigenvalue weighted by Crippen LogP contribution is -2.14. The van der Waals surface area contributed by atoms with Gasteiger partial charge in [0.2, 0.25) is 5.91 Å². The number of anilines is 1. The van der Waals surface area contributed by atoms with Gasteiger partial charge in [-0.15, -0.1) is 11.8 Å². The van der Waals surface area contributed by atoms with E-state index < -0.39 is 0 Å². The fraction of sp³-hybridized carbons (Fsp3) is 0.0769. The summed E-state index contributed by atoms with van der Waals surface area (Å²) in [6.07, 6.45) is 1.64. The normalized spacial score (nSPS) is 10.1. The molecule has 0 aliphatic rings. The van der Waals surface area contributed by atoms with E-state index in [0.717, 1.165) is 4.90 Å². The smallest absolute Gasteiger partial charge is 0.235 e. The van der Waals surface area contributed by atoms with Crippen molar-refractivity contribution in [1.29, 1.82) is 0 Å². The summed E-state index contributed by atoms with van der Waals surface area (Å²) in [5.41, 5.74) is 0. The summed E-state index contributed by atoms with van der Waals surface area (Å²) in [6.45, 7) is 0. The molecule has 18 heavy (non-hydrogen) atoms. The van der Waals surface area contributed by atoms with Crippen LogP contribution in [-0.4, -0.2) is 16.6 Å². The summed E-state index contributed by atoms with van der Waals surface area (Å²) < 4.78 is 0. The van der Waals surface area contributed by atoms with Gasteiger partial charge in [0.25, 0.3) is 0 Å². The zero-order valence-corrected chi connectivity index (χ0v) is 11.0. The van der Waals surface area contributed by atoms with Crippen molar-refractivity contribution >= 4 is 35.1 Å². The van der Waals surface area contributed by atoms with Gasteiger partial charge in [-0.25, -0.2) is 4.98 Å². The van der Waals surface area contributed by atoms with E-state index >= 15 is 0 Å². The Labute approximate surface area is 115 Å². The van der Waals surface area contributed by atoms with Crippen molar-refractivity contribution in [1.82, 2.24) is 4.98 Å². The second kappa shape index (κ2) is 6.42. The molecule has 0 bridgehead atoms. The number of halogens is 1. The SMILES string of the molecule is O=C(CSc1ccc(Cl)cc1)Nc1ccccn1. The number of carbonyl (C=O) groups excluding carboxylic acids is 1. The molecule has 1 heterocycles. The molecular weight excluding hydrogens is 268 g/mol. The van der Waals surface area contributed by atoms with E-state index in [1.807, 2.05) is 18.2 Å². The number of nitrogens with zero attached hydrogens (tertiary/aromatic N) is 1. The minimum atomic E-state index is -0.0753. The van der Waals surface area contributed by atoms with Crippen molar-refractivity contribution in [3.05, 3.63) is 53.7 Å². The number of rotatable bonds is 4. The molecule has 92 valence electrons. The molecule has 0 saturated heterocycles. The van der Waals surface area contributed by atoms with Crippen LogP contribution >= 0.6 is 23.4 Å². The Bertz CT molecular complexity index is 516. The van der Waals surface area contributed by atoms with Crippen molar-refractivity contribution in [2.24, 2.45) is 0 Å². The number of nitrogens with one attached hydrogen (secondary N) is 1. The predicted molar refractivity (Wildman–Crippen MR) is 75.0 cm³/mol. The van der Waals surface area contributed by atoms with Gasteiger partial charge in [-0.3, -0.25) is 4.79 Å². The van der Waals surface area contributed by atoms with E-state index in [2.05, 4.69) is 10.3 Å². The number of hydrogen-bond acceptors (Lipinski definition) is 3. The highest BCUT2D eigenvalue weighted by atomic mass is 35.5. The summed E-state index contributed by atoms with van der Waals surface area (Å²) in [7, 11) is 0. The van der Waals surface area contributed by atoms with Crippen molar-refractivity contribution in [3.63, 3.8) is 0 Å². The van der Waals surface area contributed by atoms with E-state index in [4.69, 9.17) is 11.6 Å². The second-order valence-electron chi connectivity index (χ2n) is 3.51. The molecule has 3 nitrogen and oxygen atoms in total. The van der Waals surface area contributed by atoms with Crippen LogP contribution in [0.3, 0.4) is 0 Å². The monoisotopic (exact) mass is 278 g/mol. The summed E-state index contributed by atoms with van der Waals surface area (Å²) in [6, 6.07) is 12.8. The Hall–Kier alpha value is -1.52. The average molecular weight is 279 g/mol. The van der Waals surface area contributed by atoms with Gasteiger partial charge in [-0.1, -0.05) is 17.7 Å². The summed E-state index contributed by atoms with van der Waals surface area (Å²) >= 11 is 7.24. The predicted octanol–water partition coefficient (Wildman–Crippen LogP) is 3.47. The number of pyridine rings is 1. The number of carbonyl (C=O) groups is 1. The van der Waals surface area contributed by atoms with Crippen molar-refractivity contribution < 1.29 is 4.79 Å². The number of thioether (sulfide) groups is 1. The van der Waals surface area contributed by atoms with Crippen LogP contribution in [-0.2, 0) is 4.79 Å². The molecule has 0 saturated carbocycles. The molecular formula is C13H11ClN2OS. The maximum Gasteiger partial charge on any atom is 0.235 e. The standard InChI is InChI=1S/C13H11ClN2OS/c14-10-4-6-11(7-5-10)18-9-13(17)16-12-3-1-2-8-15-12/h1-8H,9H2,(H,15,16,17). The largest absolute Gasteiger partial charge is 0.310 e. The molecule has 5 heteroatoms. The van der Waals surface area contributed by atoms with Gasteiger partial charge in [0.05, 0.1) is 5.75 Å². The maximum absolute atomic E-state index is 11.7. The zero-order valence-electron chi connectivity index (χ0n) is 9.47. The van der Waals surface area contributed by atoms with Gasteiger partial charge in [-0.05, 0) is 36.4 Å². The number of hydrogen-bond donors (Lipinski definition) is 1. The Morgan fingerprint density at radius 1 is 1.22 bits per heavy atom. The lowest BCUT2D eigenvalue weighted by Gasteiger charge is -2.04. The lowest BCUT2D eigenvalue weighted by molar-refractivity contribution is -0.113. The van der Waals surface area contributed by atoms with Gasteiger partial charge in [-0.2, -0.15) is 0 Å². The van der Waals surface area contributed by atoms with Crippen LogP contribution in [0.4, 0.5) is 5.82 Å². The van der Waals surface area contributed by atoms with Gasteiger partial charge in [0.15, 0.2) is 0 Å². The van der Waals surface area contributed by atoms with Crippen LogP contribution in [0, 0.1) is 0 Å². The van der Waals surface area contributed by atoms with Crippen molar-refractivity contribution in [3.8, 4) is 0 Å². The van der Waals surface area contributed by atoms with Crippen LogP contribution in [0.1, 0.15) is 0 Å². The van der Waals surface area contributed by atoms with E-state index in [-0.39, 0.29) is 5.91 Å².